The molecule has 0 saturated carbocycles. The lowest BCUT2D eigenvalue weighted by molar-refractivity contribution is 0.0128. The van der Waals surface area contributed by atoms with E-state index in [4.69, 9.17) is 16.3 Å². The Hall–Kier alpha value is -1.37. The highest BCUT2D eigenvalue weighted by atomic mass is 35.5. The van der Waals surface area contributed by atoms with Crippen molar-refractivity contribution in [2.75, 3.05) is 6.54 Å². The van der Waals surface area contributed by atoms with Crippen LogP contribution in [-0.4, -0.2) is 39.5 Å². The van der Waals surface area contributed by atoms with Crippen molar-refractivity contribution in [2.45, 2.75) is 38.6 Å². The predicted molar refractivity (Wildman–Crippen MR) is 74.5 cm³/mol. The van der Waals surface area contributed by atoms with Crippen molar-refractivity contribution >= 4 is 17.7 Å². The van der Waals surface area contributed by atoms with Gasteiger partial charge in [-0.3, -0.25) is 4.98 Å². The van der Waals surface area contributed by atoms with Gasteiger partial charge in [0.05, 0.1) is 5.02 Å². The maximum atomic E-state index is 11.4. The third-order valence-electron chi connectivity index (χ3n) is 2.29. The summed E-state index contributed by atoms with van der Waals surface area (Å²) in [5, 5.41) is 22.5. The third kappa shape index (κ3) is 5.73. The Bertz CT molecular complexity index is 462. The molecule has 0 aliphatic heterocycles. The van der Waals surface area contributed by atoms with Crippen molar-refractivity contribution in [2.24, 2.45) is 0 Å². The number of carbonyl (C=O) groups is 1. The number of nitrogens with one attached hydrogen (secondary N) is 1. The molecule has 3 N–H and O–H groups in total. The summed E-state index contributed by atoms with van der Waals surface area (Å²) in [5.74, 6) is 0. The van der Waals surface area contributed by atoms with E-state index in [1.165, 1.54) is 18.5 Å². The lowest BCUT2D eigenvalue weighted by Crippen LogP contribution is -2.38. The second-order valence-electron chi connectivity index (χ2n) is 5.33. The first-order valence-electron chi connectivity index (χ1n) is 6.12. The van der Waals surface area contributed by atoms with E-state index in [9.17, 15) is 15.0 Å². The molecule has 2 unspecified atom stereocenters. The SMILES string of the molecule is CC(C)(C)OC(=O)NCC(O)C(O)c1cncc(Cl)c1. The molecule has 1 amide bonds. The van der Waals surface area contributed by atoms with Crippen molar-refractivity contribution < 1.29 is 19.7 Å². The molecule has 0 aliphatic carbocycles. The molecule has 2 atom stereocenters. The molecule has 1 heterocycles. The fraction of sp³-hybridized carbons (Fsp3) is 0.538. The van der Waals surface area contributed by atoms with E-state index in [2.05, 4.69) is 10.3 Å². The van der Waals surface area contributed by atoms with Crippen molar-refractivity contribution in [3.8, 4) is 0 Å². The van der Waals surface area contributed by atoms with Gasteiger partial charge in [0, 0.05) is 24.5 Å². The number of alkyl carbamates (subject to hydrolysis) is 1. The second kappa shape index (κ2) is 6.88. The Morgan fingerprint density at radius 2 is 2.10 bits per heavy atom. The molecule has 0 aromatic carbocycles. The normalized spacial score (nSPS) is 14.5. The van der Waals surface area contributed by atoms with Crippen LogP contribution in [0.2, 0.25) is 5.02 Å². The summed E-state index contributed by atoms with van der Waals surface area (Å²) < 4.78 is 5.02. The number of halogens is 1. The number of pyridine rings is 1. The van der Waals surface area contributed by atoms with Gasteiger partial charge in [-0.25, -0.2) is 4.79 Å². The van der Waals surface area contributed by atoms with E-state index >= 15 is 0 Å². The first-order chi connectivity index (χ1) is 9.19. The van der Waals surface area contributed by atoms with E-state index < -0.39 is 23.9 Å². The maximum Gasteiger partial charge on any atom is 0.407 e. The van der Waals surface area contributed by atoms with Gasteiger partial charge in [-0.15, -0.1) is 0 Å². The lowest BCUT2D eigenvalue weighted by atomic mass is 10.1. The number of aliphatic hydroxyl groups excluding tert-OH is 2. The van der Waals surface area contributed by atoms with E-state index in [0.717, 1.165) is 0 Å². The molecule has 20 heavy (non-hydrogen) atoms. The van der Waals surface area contributed by atoms with Gasteiger partial charge >= 0.3 is 6.09 Å². The van der Waals surface area contributed by atoms with Crippen molar-refractivity contribution in [3.05, 3.63) is 29.0 Å². The summed E-state index contributed by atoms with van der Waals surface area (Å²) in [6.45, 7) is 5.04. The van der Waals surface area contributed by atoms with Gasteiger partial charge in [-0.05, 0) is 26.8 Å². The smallest absolute Gasteiger partial charge is 0.407 e. The Balaban J connectivity index is 2.50. The van der Waals surface area contributed by atoms with E-state index in [1.807, 2.05) is 0 Å². The Morgan fingerprint density at radius 1 is 1.45 bits per heavy atom. The minimum absolute atomic E-state index is 0.150. The van der Waals surface area contributed by atoms with Crippen LogP contribution in [0.25, 0.3) is 0 Å². The number of aliphatic hydroxyl groups is 2. The second-order valence-corrected chi connectivity index (χ2v) is 5.77. The van der Waals surface area contributed by atoms with Crippen molar-refractivity contribution in [1.82, 2.24) is 10.3 Å². The zero-order valence-corrected chi connectivity index (χ0v) is 12.4. The Labute approximate surface area is 122 Å². The Morgan fingerprint density at radius 3 is 2.65 bits per heavy atom. The zero-order chi connectivity index (χ0) is 15.3. The lowest BCUT2D eigenvalue weighted by Gasteiger charge is -2.22. The molecule has 112 valence electrons. The van der Waals surface area contributed by atoms with Gasteiger partial charge in [0.15, 0.2) is 0 Å². The number of hydrogen-bond acceptors (Lipinski definition) is 5. The average molecular weight is 303 g/mol. The van der Waals surface area contributed by atoms with Crippen LogP contribution in [0.15, 0.2) is 18.5 Å². The fourth-order valence-electron chi connectivity index (χ4n) is 1.43. The summed E-state index contributed by atoms with van der Waals surface area (Å²) >= 11 is 5.75. The highest BCUT2D eigenvalue weighted by Gasteiger charge is 2.21. The number of nitrogens with zero attached hydrogens (tertiary/aromatic N) is 1. The number of rotatable bonds is 4. The number of carbonyl (C=O) groups excluding carboxylic acids is 1. The van der Waals surface area contributed by atoms with Gasteiger partial charge in [0.2, 0.25) is 0 Å². The maximum absolute atomic E-state index is 11.4. The highest BCUT2D eigenvalue weighted by Crippen LogP contribution is 2.19. The third-order valence-corrected chi connectivity index (χ3v) is 2.49. The molecule has 6 nitrogen and oxygen atoms in total. The van der Waals surface area contributed by atoms with Gasteiger partial charge in [-0.2, -0.15) is 0 Å². The molecule has 1 aromatic heterocycles. The highest BCUT2D eigenvalue weighted by molar-refractivity contribution is 6.30. The molecular formula is C13H19ClN2O4. The quantitative estimate of drug-likeness (QED) is 0.786. The molecule has 1 aromatic rings. The van der Waals surface area contributed by atoms with Crippen LogP contribution in [0.1, 0.15) is 32.4 Å². The predicted octanol–water partition coefficient (Wildman–Crippen LogP) is 1.65. The first-order valence-corrected chi connectivity index (χ1v) is 6.50. The van der Waals surface area contributed by atoms with Crippen molar-refractivity contribution in [3.63, 3.8) is 0 Å². The van der Waals surface area contributed by atoms with E-state index in [0.29, 0.717) is 10.6 Å². The molecule has 0 spiro atoms. The minimum atomic E-state index is -1.20. The summed E-state index contributed by atoms with van der Waals surface area (Å²) in [4.78, 5) is 15.2. The molecule has 7 heteroatoms. The summed E-state index contributed by atoms with van der Waals surface area (Å²) in [6.07, 6.45) is -0.233. The molecular weight excluding hydrogens is 284 g/mol. The number of hydrogen-bond donors (Lipinski definition) is 3. The molecule has 0 bridgehead atoms. The van der Waals surface area contributed by atoms with Crippen LogP contribution in [0, 0.1) is 0 Å². The standard InChI is InChI=1S/C13H19ClN2O4/c1-13(2,3)20-12(19)16-7-10(17)11(18)8-4-9(14)6-15-5-8/h4-6,10-11,17-18H,7H2,1-3H3,(H,16,19). The number of amides is 1. The molecule has 0 aliphatic rings. The minimum Gasteiger partial charge on any atom is -0.444 e. The summed E-state index contributed by atoms with van der Waals surface area (Å²) in [7, 11) is 0. The zero-order valence-electron chi connectivity index (χ0n) is 11.6. The van der Waals surface area contributed by atoms with Crippen LogP contribution in [-0.2, 0) is 4.74 Å². The van der Waals surface area contributed by atoms with Gasteiger partial charge < -0.3 is 20.3 Å². The van der Waals surface area contributed by atoms with Gasteiger partial charge in [0.1, 0.15) is 17.8 Å². The first kappa shape index (κ1) is 16.7. The average Bonchev–Trinajstić information content (AvgIpc) is 2.33. The van der Waals surface area contributed by atoms with Crippen molar-refractivity contribution in [1.29, 1.82) is 0 Å². The van der Waals surface area contributed by atoms with Crippen LogP contribution in [0.3, 0.4) is 0 Å². The molecule has 0 radical (unpaired) electrons. The van der Waals surface area contributed by atoms with Gasteiger partial charge in [0.25, 0.3) is 0 Å². The molecule has 0 saturated heterocycles. The van der Waals surface area contributed by atoms with E-state index in [1.54, 1.807) is 20.8 Å². The van der Waals surface area contributed by atoms with Crippen LogP contribution < -0.4 is 5.32 Å². The largest absolute Gasteiger partial charge is 0.444 e. The molecule has 1 rings (SSSR count). The van der Waals surface area contributed by atoms with Crippen LogP contribution in [0.5, 0.6) is 0 Å². The topological polar surface area (TPSA) is 91.7 Å². The summed E-state index contributed by atoms with van der Waals surface area (Å²) in [5.41, 5.74) is -0.249. The summed E-state index contributed by atoms with van der Waals surface area (Å²) in [6, 6.07) is 1.50. The van der Waals surface area contributed by atoms with Crippen LogP contribution in [0.4, 0.5) is 4.79 Å². The molecule has 0 fully saturated rings. The monoisotopic (exact) mass is 302 g/mol. The Kier molecular flexibility index (Phi) is 5.74. The number of aromatic nitrogens is 1. The fourth-order valence-corrected chi connectivity index (χ4v) is 1.61. The van der Waals surface area contributed by atoms with Crippen LogP contribution >= 0.6 is 11.6 Å². The number of ether oxygens (including phenoxy) is 1. The van der Waals surface area contributed by atoms with E-state index in [-0.39, 0.29) is 6.54 Å². The van der Waals surface area contributed by atoms with Gasteiger partial charge in [-0.1, -0.05) is 11.6 Å².